The number of benzene rings is 1. The monoisotopic (exact) mass is 285 g/mol. The summed E-state index contributed by atoms with van der Waals surface area (Å²) in [5, 5.41) is 0. The molecule has 2 aliphatic rings. The Balaban J connectivity index is 1.77. The fourth-order valence-electron chi connectivity index (χ4n) is 3.50. The molecular formula is C19H27NO. The third-order valence-corrected chi connectivity index (χ3v) is 4.97. The molecule has 1 aromatic rings. The summed E-state index contributed by atoms with van der Waals surface area (Å²) in [5.74, 6) is 0.784. The molecule has 0 spiro atoms. The average Bonchev–Trinajstić information content (AvgIpc) is 3.33. The van der Waals surface area contributed by atoms with E-state index in [4.69, 9.17) is 0 Å². The highest BCUT2D eigenvalue weighted by atomic mass is 16.2. The molecule has 2 heteroatoms. The summed E-state index contributed by atoms with van der Waals surface area (Å²) in [6, 6.07) is 9.29. The highest BCUT2D eigenvalue weighted by molar-refractivity contribution is 5.95. The number of amides is 1. The second kappa shape index (κ2) is 6.21. The number of carbonyl (C=O) groups excluding carboxylic acids is 1. The molecule has 0 aromatic heterocycles. The summed E-state index contributed by atoms with van der Waals surface area (Å²) in [4.78, 5) is 15.2. The number of carbonyl (C=O) groups is 1. The van der Waals surface area contributed by atoms with Gasteiger partial charge in [0, 0.05) is 17.6 Å². The van der Waals surface area contributed by atoms with E-state index in [9.17, 15) is 4.79 Å². The number of hydrogen-bond acceptors (Lipinski definition) is 1. The number of hydrogen-bond donors (Lipinski definition) is 0. The van der Waals surface area contributed by atoms with Crippen LogP contribution in [0, 0.1) is 0 Å². The first-order valence-corrected chi connectivity index (χ1v) is 8.59. The fourth-order valence-corrected chi connectivity index (χ4v) is 3.50. The minimum absolute atomic E-state index is 0.264. The molecule has 1 aromatic carbocycles. The summed E-state index contributed by atoms with van der Waals surface area (Å²) < 4.78 is 0. The Bertz CT molecular complexity index is 481. The quantitative estimate of drug-likeness (QED) is 0.782. The van der Waals surface area contributed by atoms with E-state index in [1.807, 2.05) is 12.1 Å². The van der Waals surface area contributed by atoms with Crippen LogP contribution in [0.15, 0.2) is 24.3 Å². The molecule has 0 heterocycles. The van der Waals surface area contributed by atoms with E-state index in [0.717, 1.165) is 5.56 Å². The van der Waals surface area contributed by atoms with Gasteiger partial charge in [0.25, 0.3) is 5.91 Å². The molecule has 0 radical (unpaired) electrons. The highest BCUT2D eigenvalue weighted by Gasteiger charge is 2.37. The van der Waals surface area contributed by atoms with Crippen LogP contribution in [0.4, 0.5) is 0 Å². The van der Waals surface area contributed by atoms with E-state index < -0.39 is 0 Å². The zero-order valence-electron chi connectivity index (χ0n) is 13.3. The van der Waals surface area contributed by atoms with Gasteiger partial charge in [0.2, 0.25) is 0 Å². The zero-order chi connectivity index (χ0) is 14.8. The van der Waals surface area contributed by atoms with Gasteiger partial charge in [-0.25, -0.2) is 0 Å². The van der Waals surface area contributed by atoms with Crippen molar-refractivity contribution in [3.05, 3.63) is 35.4 Å². The third-order valence-electron chi connectivity index (χ3n) is 4.97. The van der Waals surface area contributed by atoms with E-state index in [1.54, 1.807) is 0 Å². The topological polar surface area (TPSA) is 20.3 Å². The van der Waals surface area contributed by atoms with Crippen LogP contribution in [0.3, 0.4) is 0 Å². The van der Waals surface area contributed by atoms with Gasteiger partial charge in [-0.15, -0.1) is 0 Å². The second-order valence-corrected chi connectivity index (χ2v) is 7.01. The van der Waals surface area contributed by atoms with Gasteiger partial charge in [0.1, 0.15) is 0 Å². The van der Waals surface area contributed by atoms with Crippen LogP contribution in [-0.2, 0) is 0 Å². The van der Waals surface area contributed by atoms with Crippen LogP contribution >= 0.6 is 0 Å². The third kappa shape index (κ3) is 3.30. The first-order valence-electron chi connectivity index (χ1n) is 8.59. The molecule has 0 aliphatic heterocycles. The summed E-state index contributed by atoms with van der Waals surface area (Å²) in [6.45, 7) is 4.38. The average molecular weight is 285 g/mol. The standard InChI is InChI=1S/C19H27NO/c1-14(2)15-8-10-16(11-9-15)19(21)20(18-12-13-18)17-6-4-3-5-7-17/h8-11,14,17-18H,3-7,12-13H2,1-2H3. The number of rotatable bonds is 4. The van der Waals surface area contributed by atoms with Crippen LogP contribution in [0.25, 0.3) is 0 Å². The molecule has 3 rings (SSSR count). The largest absolute Gasteiger partial charge is 0.333 e. The van der Waals surface area contributed by atoms with Crippen molar-refractivity contribution in [2.45, 2.75) is 76.8 Å². The van der Waals surface area contributed by atoms with E-state index in [-0.39, 0.29) is 5.91 Å². The molecule has 0 N–H and O–H groups in total. The smallest absolute Gasteiger partial charge is 0.254 e. The predicted octanol–water partition coefficient (Wildman–Crippen LogP) is 4.75. The zero-order valence-corrected chi connectivity index (χ0v) is 13.3. The molecule has 114 valence electrons. The Morgan fingerprint density at radius 1 is 0.952 bits per heavy atom. The van der Waals surface area contributed by atoms with Gasteiger partial charge in [-0.1, -0.05) is 45.2 Å². The van der Waals surface area contributed by atoms with Gasteiger partial charge >= 0.3 is 0 Å². The Hall–Kier alpha value is -1.31. The Labute approximate surface area is 128 Å². The molecule has 0 unspecified atom stereocenters. The molecule has 0 saturated heterocycles. The van der Waals surface area contributed by atoms with Crippen LogP contribution in [-0.4, -0.2) is 22.9 Å². The van der Waals surface area contributed by atoms with Gasteiger partial charge in [-0.3, -0.25) is 4.79 Å². The van der Waals surface area contributed by atoms with Crippen molar-refractivity contribution in [3.8, 4) is 0 Å². The van der Waals surface area contributed by atoms with Gasteiger partial charge in [-0.05, 0) is 49.3 Å². The van der Waals surface area contributed by atoms with Crippen molar-refractivity contribution < 1.29 is 4.79 Å². The van der Waals surface area contributed by atoms with E-state index in [0.29, 0.717) is 18.0 Å². The van der Waals surface area contributed by atoms with E-state index in [1.165, 1.54) is 50.5 Å². The van der Waals surface area contributed by atoms with Crippen LogP contribution in [0.5, 0.6) is 0 Å². The molecule has 21 heavy (non-hydrogen) atoms. The molecule has 2 aliphatic carbocycles. The lowest BCUT2D eigenvalue weighted by Crippen LogP contribution is -2.43. The van der Waals surface area contributed by atoms with Crippen LogP contribution in [0.2, 0.25) is 0 Å². The Morgan fingerprint density at radius 3 is 2.05 bits per heavy atom. The Kier molecular flexibility index (Phi) is 4.32. The Morgan fingerprint density at radius 2 is 1.52 bits per heavy atom. The lowest BCUT2D eigenvalue weighted by molar-refractivity contribution is 0.0614. The molecule has 0 atom stereocenters. The van der Waals surface area contributed by atoms with Crippen LogP contribution in [0.1, 0.15) is 80.6 Å². The van der Waals surface area contributed by atoms with Crippen molar-refractivity contribution in [1.29, 1.82) is 0 Å². The minimum atomic E-state index is 0.264. The van der Waals surface area contributed by atoms with E-state index >= 15 is 0 Å². The summed E-state index contributed by atoms with van der Waals surface area (Å²) >= 11 is 0. The maximum atomic E-state index is 12.9. The molecule has 2 nitrogen and oxygen atoms in total. The molecular weight excluding hydrogens is 258 g/mol. The molecule has 1 amide bonds. The maximum absolute atomic E-state index is 12.9. The summed E-state index contributed by atoms with van der Waals surface area (Å²) in [6.07, 6.45) is 8.71. The van der Waals surface area contributed by atoms with Gasteiger partial charge < -0.3 is 4.90 Å². The van der Waals surface area contributed by atoms with Crippen molar-refractivity contribution in [2.24, 2.45) is 0 Å². The van der Waals surface area contributed by atoms with Gasteiger partial charge in [0.05, 0.1) is 0 Å². The van der Waals surface area contributed by atoms with Crippen molar-refractivity contribution >= 4 is 5.91 Å². The lowest BCUT2D eigenvalue weighted by atomic mass is 9.93. The normalized spacial score (nSPS) is 19.8. The predicted molar refractivity (Wildman–Crippen MR) is 86.6 cm³/mol. The van der Waals surface area contributed by atoms with Gasteiger partial charge in [0.15, 0.2) is 0 Å². The SMILES string of the molecule is CC(C)c1ccc(C(=O)N(C2CCCCC2)C2CC2)cc1. The summed E-state index contributed by atoms with van der Waals surface area (Å²) in [5.41, 5.74) is 2.18. The minimum Gasteiger partial charge on any atom is -0.333 e. The summed E-state index contributed by atoms with van der Waals surface area (Å²) in [7, 11) is 0. The highest BCUT2D eigenvalue weighted by Crippen LogP contribution is 2.35. The molecule has 2 saturated carbocycles. The lowest BCUT2D eigenvalue weighted by Gasteiger charge is -2.34. The van der Waals surface area contributed by atoms with Gasteiger partial charge in [-0.2, -0.15) is 0 Å². The molecule has 2 fully saturated rings. The number of nitrogens with zero attached hydrogens (tertiary/aromatic N) is 1. The molecule has 0 bridgehead atoms. The van der Waals surface area contributed by atoms with Crippen molar-refractivity contribution in [2.75, 3.05) is 0 Å². The van der Waals surface area contributed by atoms with Crippen molar-refractivity contribution in [1.82, 2.24) is 4.90 Å². The van der Waals surface area contributed by atoms with Crippen molar-refractivity contribution in [3.63, 3.8) is 0 Å². The first kappa shape index (κ1) is 14.6. The second-order valence-electron chi connectivity index (χ2n) is 7.01. The van der Waals surface area contributed by atoms with Crippen LogP contribution < -0.4 is 0 Å². The van der Waals surface area contributed by atoms with E-state index in [2.05, 4.69) is 30.9 Å². The first-order chi connectivity index (χ1) is 10.2. The fraction of sp³-hybridized carbons (Fsp3) is 0.632. The maximum Gasteiger partial charge on any atom is 0.254 e.